The predicted octanol–water partition coefficient (Wildman–Crippen LogP) is 0.466. The van der Waals surface area contributed by atoms with Crippen molar-refractivity contribution in [2.24, 2.45) is 0 Å². The van der Waals surface area contributed by atoms with Gasteiger partial charge in [-0.25, -0.2) is 8.42 Å². The Morgan fingerprint density at radius 2 is 2.24 bits per heavy atom. The average molecular weight is 259 g/mol. The van der Waals surface area contributed by atoms with Crippen molar-refractivity contribution in [2.45, 2.75) is 6.42 Å². The Kier molecular flexibility index (Phi) is 4.71. The lowest BCUT2D eigenvalue weighted by Crippen LogP contribution is -2.30. The van der Waals surface area contributed by atoms with E-state index in [1.165, 1.54) is 30.9 Å². The maximum Gasteiger partial charge on any atom is 0.235 e. The van der Waals surface area contributed by atoms with Crippen LogP contribution < -0.4 is 10.0 Å². The van der Waals surface area contributed by atoms with Crippen molar-refractivity contribution in [1.29, 1.82) is 0 Å². The summed E-state index contributed by atoms with van der Waals surface area (Å²) in [6, 6.07) is 1.57. The second-order valence-corrected chi connectivity index (χ2v) is 5.68. The number of ether oxygens (including phenoxy) is 1. The van der Waals surface area contributed by atoms with E-state index in [1.807, 2.05) is 0 Å². The number of aromatic nitrogens is 1. The van der Waals surface area contributed by atoms with Gasteiger partial charge in [0.05, 0.1) is 23.3 Å². The Labute approximate surface area is 101 Å². The van der Waals surface area contributed by atoms with Gasteiger partial charge in [-0.3, -0.25) is 9.29 Å². The highest BCUT2D eigenvalue weighted by Crippen LogP contribution is 2.22. The highest BCUT2D eigenvalue weighted by Gasteiger charge is 2.19. The number of nitrogens with zero attached hydrogens (tertiary/aromatic N) is 2. The minimum atomic E-state index is -3.36. The summed E-state index contributed by atoms with van der Waals surface area (Å²) in [6.45, 7) is 0.416. The highest BCUT2D eigenvalue weighted by atomic mass is 32.2. The van der Waals surface area contributed by atoms with E-state index >= 15 is 0 Å². The third kappa shape index (κ3) is 3.57. The molecular formula is C10H17N3O3S. The van der Waals surface area contributed by atoms with Gasteiger partial charge in [0.15, 0.2) is 0 Å². The van der Waals surface area contributed by atoms with Gasteiger partial charge in [0, 0.05) is 27.0 Å². The van der Waals surface area contributed by atoms with Crippen molar-refractivity contribution in [1.82, 2.24) is 4.98 Å². The SMILES string of the molecule is COCCCS(=O)(=O)N(C)c1ccncc1N. The molecular weight excluding hydrogens is 242 g/mol. The number of sulfonamides is 1. The largest absolute Gasteiger partial charge is 0.396 e. The maximum absolute atomic E-state index is 12.0. The molecule has 7 heteroatoms. The Bertz CT molecular complexity index is 462. The summed E-state index contributed by atoms with van der Waals surface area (Å²) < 4.78 is 29.9. The molecule has 0 amide bonds. The summed E-state index contributed by atoms with van der Waals surface area (Å²) in [5.74, 6) is 0.0269. The van der Waals surface area contributed by atoms with Crippen LogP contribution in [0.25, 0.3) is 0 Å². The molecule has 0 bridgehead atoms. The second kappa shape index (κ2) is 5.83. The minimum absolute atomic E-state index is 0.0269. The van der Waals surface area contributed by atoms with Crippen molar-refractivity contribution in [3.05, 3.63) is 18.5 Å². The molecule has 0 unspecified atom stereocenters. The van der Waals surface area contributed by atoms with Gasteiger partial charge in [0.1, 0.15) is 0 Å². The Hall–Kier alpha value is -1.34. The summed E-state index contributed by atoms with van der Waals surface area (Å²) in [4.78, 5) is 3.82. The molecule has 2 N–H and O–H groups in total. The molecule has 0 atom stereocenters. The smallest absolute Gasteiger partial charge is 0.235 e. The van der Waals surface area contributed by atoms with Crippen molar-refractivity contribution >= 4 is 21.4 Å². The van der Waals surface area contributed by atoms with Crippen molar-refractivity contribution < 1.29 is 13.2 Å². The van der Waals surface area contributed by atoms with Crippen LogP contribution in [0.2, 0.25) is 0 Å². The molecule has 0 saturated heterocycles. The van der Waals surface area contributed by atoms with Gasteiger partial charge in [-0.05, 0) is 12.5 Å². The van der Waals surface area contributed by atoms with Crippen LogP contribution in [0.3, 0.4) is 0 Å². The molecule has 6 nitrogen and oxygen atoms in total. The lowest BCUT2D eigenvalue weighted by atomic mass is 10.3. The molecule has 0 aliphatic carbocycles. The summed E-state index contributed by atoms with van der Waals surface area (Å²) in [6.07, 6.45) is 3.39. The number of nitrogens with two attached hydrogens (primary N) is 1. The number of pyridine rings is 1. The highest BCUT2D eigenvalue weighted by molar-refractivity contribution is 7.92. The number of hydrogen-bond donors (Lipinski definition) is 1. The van der Waals surface area contributed by atoms with Gasteiger partial charge in [0.25, 0.3) is 0 Å². The molecule has 96 valence electrons. The van der Waals surface area contributed by atoms with E-state index in [9.17, 15) is 8.42 Å². The van der Waals surface area contributed by atoms with E-state index in [1.54, 1.807) is 6.07 Å². The molecule has 0 spiro atoms. The van der Waals surface area contributed by atoms with E-state index in [2.05, 4.69) is 4.98 Å². The molecule has 1 aromatic heterocycles. The van der Waals surface area contributed by atoms with Crippen molar-refractivity contribution in [3.63, 3.8) is 0 Å². The first-order valence-corrected chi connectivity index (χ1v) is 6.75. The summed E-state index contributed by atoms with van der Waals surface area (Å²) in [5, 5.41) is 0. The van der Waals surface area contributed by atoms with Crippen LogP contribution in [-0.2, 0) is 14.8 Å². The van der Waals surface area contributed by atoms with E-state index < -0.39 is 10.0 Å². The fourth-order valence-electron chi connectivity index (χ4n) is 1.36. The van der Waals surface area contributed by atoms with Crippen LogP contribution in [0.4, 0.5) is 11.4 Å². The van der Waals surface area contributed by atoms with E-state index in [0.29, 0.717) is 24.4 Å². The Balaban J connectivity index is 2.82. The first-order chi connectivity index (χ1) is 7.99. The summed E-state index contributed by atoms with van der Waals surface area (Å²) in [7, 11) is -0.344. The van der Waals surface area contributed by atoms with Crippen molar-refractivity contribution in [2.75, 3.05) is 36.6 Å². The molecule has 1 aromatic rings. The quantitative estimate of drug-likeness (QED) is 0.750. The summed E-state index contributed by atoms with van der Waals surface area (Å²) in [5.41, 5.74) is 6.46. The molecule has 0 radical (unpaired) electrons. The number of nitrogen functional groups attached to an aromatic ring is 1. The van der Waals surface area contributed by atoms with E-state index in [0.717, 1.165) is 0 Å². The van der Waals surface area contributed by atoms with Crippen LogP contribution in [0.15, 0.2) is 18.5 Å². The molecule has 17 heavy (non-hydrogen) atoms. The fraction of sp³-hybridized carbons (Fsp3) is 0.500. The molecule has 0 aliphatic rings. The second-order valence-electron chi connectivity index (χ2n) is 3.56. The monoisotopic (exact) mass is 259 g/mol. The molecule has 1 rings (SSSR count). The lowest BCUT2D eigenvalue weighted by Gasteiger charge is -2.20. The zero-order valence-electron chi connectivity index (χ0n) is 9.96. The number of hydrogen-bond acceptors (Lipinski definition) is 5. The molecule has 1 heterocycles. The molecule has 0 saturated carbocycles. The zero-order chi connectivity index (χ0) is 12.9. The molecule has 0 fully saturated rings. The molecule has 0 aliphatic heterocycles. The summed E-state index contributed by atoms with van der Waals surface area (Å²) >= 11 is 0. The van der Waals surface area contributed by atoms with E-state index in [-0.39, 0.29) is 5.75 Å². The van der Waals surface area contributed by atoms with Crippen LogP contribution in [0.5, 0.6) is 0 Å². The average Bonchev–Trinajstić information content (AvgIpc) is 2.29. The Morgan fingerprint density at radius 3 is 2.82 bits per heavy atom. The third-order valence-corrected chi connectivity index (χ3v) is 4.17. The van der Waals surface area contributed by atoms with Gasteiger partial charge in [-0.15, -0.1) is 0 Å². The lowest BCUT2D eigenvalue weighted by molar-refractivity contribution is 0.199. The topological polar surface area (TPSA) is 85.5 Å². The minimum Gasteiger partial charge on any atom is -0.396 e. The number of anilines is 2. The number of methoxy groups -OCH3 is 1. The van der Waals surface area contributed by atoms with Gasteiger partial charge < -0.3 is 10.5 Å². The van der Waals surface area contributed by atoms with Crippen LogP contribution in [-0.4, -0.2) is 39.9 Å². The first-order valence-electron chi connectivity index (χ1n) is 5.14. The number of rotatable bonds is 6. The van der Waals surface area contributed by atoms with E-state index in [4.69, 9.17) is 10.5 Å². The third-order valence-electron chi connectivity index (χ3n) is 2.34. The zero-order valence-corrected chi connectivity index (χ0v) is 10.8. The Morgan fingerprint density at radius 1 is 1.53 bits per heavy atom. The first kappa shape index (κ1) is 13.7. The van der Waals surface area contributed by atoms with Gasteiger partial charge in [-0.1, -0.05) is 0 Å². The van der Waals surface area contributed by atoms with Gasteiger partial charge >= 0.3 is 0 Å². The van der Waals surface area contributed by atoms with Crippen LogP contribution in [0.1, 0.15) is 6.42 Å². The normalized spacial score (nSPS) is 11.4. The van der Waals surface area contributed by atoms with Crippen LogP contribution >= 0.6 is 0 Å². The van der Waals surface area contributed by atoms with Crippen LogP contribution in [0, 0.1) is 0 Å². The standard InChI is InChI=1S/C10H17N3O3S/c1-13(10-4-5-12-8-9(10)11)17(14,15)7-3-6-16-2/h4-5,8H,3,6-7,11H2,1-2H3. The fourth-order valence-corrected chi connectivity index (χ4v) is 2.58. The van der Waals surface area contributed by atoms with Gasteiger partial charge in [-0.2, -0.15) is 0 Å². The molecule has 0 aromatic carbocycles. The van der Waals surface area contributed by atoms with Crippen molar-refractivity contribution in [3.8, 4) is 0 Å². The van der Waals surface area contributed by atoms with Gasteiger partial charge in [0.2, 0.25) is 10.0 Å². The maximum atomic E-state index is 12.0. The predicted molar refractivity (Wildman–Crippen MR) is 67.3 cm³/mol.